The molecule has 3 rings (SSSR count). The Morgan fingerprint density at radius 1 is 1.28 bits per heavy atom. The third-order valence-electron chi connectivity index (χ3n) is 3.72. The zero-order valence-corrected chi connectivity index (χ0v) is 14.2. The number of nitrogens with zero attached hydrogens (tertiary/aromatic N) is 2. The molecule has 0 aliphatic carbocycles. The lowest BCUT2D eigenvalue weighted by Gasteiger charge is -2.21. The predicted molar refractivity (Wildman–Crippen MR) is 90.4 cm³/mol. The lowest BCUT2D eigenvalue weighted by Crippen LogP contribution is -2.27. The Labute approximate surface area is 144 Å². The summed E-state index contributed by atoms with van der Waals surface area (Å²) in [4.78, 5) is 10.3. The largest absolute Gasteiger partial charge is 0.489 e. The highest BCUT2D eigenvalue weighted by Gasteiger charge is 2.29. The Hall–Kier alpha value is -2.65. The molecule has 0 amide bonds. The van der Waals surface area contributed by atoms with Gasteiger partial charge in [0.15, 0.2) is 0 Å². The second-order valence-corrected chi connectivity index (χ2v) is 7.40. The van der Waals surface area contributed by atoms with Crippen LogP contribution in [0.25, 0.3) is 0 Å². The number of para-hydroxylation sites is 1. The molecule has 0 aromatic heterocycles. The van der Waals surface area contributed by atoms with Crippen LogP contribution < -0.4 is 9.04 Å². The molecule has 1 unspecified atom stereocenters. The van der Waals surface area contributed by atoms with E-state index in [1.165, 1.54) is 13.1 Å². The summed E-state index contributed by atoms with van der Waals surface area (Å²) in [6.45, 7) is 0.666. The maximum Gasteiger partial charge on any atom is 0.273 e. The van der Waals surface area contributed by atoms with E-state index in [0.717, 1.165) is 16.4 Å². The van der Waals surface area contributed by atoms with Gasteiger partial charge in [0.05, 0.1) is 23.3 Å². The SMILES string of the molecule is CN(c1ccccc1)S(=O)(=O)c1ccc([N+](=O)[O-])cc1OCC1CO1. The molecule has 132 valence electrons. The summed E-state index contributed by atoms with van der Waals surface area (Å²) in [5.74, 6) is -0.0625. The van der Waals surface area contributed by atoms with Gasteiger partial charge in [-0.2, -0.15) is 0 Å². The minimum Gasteiger partial charge on any atom is -0.489 e. The number of rotatable bonds is 7. The van der Waals surface area contributed by atoms with Crippen molar-refractivity contribution >= 4 is 21.4 Å². The number of anilines is 1. The fraction of sp³-hybridized carbons (Fsp3) is 0.250. The van der Waals surface area contributed by atoms with Crippen LogP contribution >= 0.6 is 0 Å². The number of sulfonamides is 1. The molecule has 1 atom stereocenters. The number of nitro benzene ring substituents is 1. The van der Waals surface area contributed by atoms with Gasteiger partial charge in [0.25, 0.3) is 15.7 Å². The summed E-state index contributed by atoms with van der Waals surface area (Å²) in [7, 11) is -2.53. The number of non-ortho nitro benzene ring substituents is 1. The highest BCUT2D eigenvalue weighted by molar-refractivity contribution is 7.92. The molecule has 8 nitrogen and oxygen atoms in total. The first kappa shape index (κ1) is 17.2. The van der Waals surface area contributed by atoms with E-state index in [1.807, 2.05) is 0 Å². The van der Waals surface area contributed by atoms with Gasteiger partial charge < -0.3 is 9.47 Å². The third kappa shape index (κ3) is 3.72. The first-order valence-corrected chi connectivity index (χ1v) is 8.90. The van der Waals surface area contributed by atoms with Crippen molar-refractivity contribution in [2.24, 2.45) is 0 Å². The second-order valence-electron chi connectivity index (χ2n) is 5.46. The predicted octanol–water partition coefficient (Wildman–Crippen LogP) is 2.20. The molecule has 0 saturated carbocycles. The molecule has 25 heavy (non-hydrogen) atoms. The lowest BCUT2D eigenvalue weighted by molar-refractivity contribution is -0.385. The molecule has 0 N–H and O–H groups in total. The normalized spacial score (nSPS) is 16.3. The molecule has 1 heterocycles. The van der Waals surface area contributed by atoms with E-state index in [0.29, 0.717) is 12.3 Å². The molecular weight excluding hydrogens is 348 g/mol. The average Bonchev–Trinajstić information content (AvgIpc) is 3.44. The Morgan fingerprint density at radius 2 is 1.96 bits per heavy atom. The van der Waals surface area contributed by atoms with Crippen molar-refractivity contribution in [3.05, 3.63) is 58.6 Å². The molecule has 1 aliphatic rings. The maximum absolute atomic E-state index is 12.9. The van der Waals surface area contributed by atoms with Crippen LogP contribution in [0.3, 0.4) is 0 Å². The highest BCUT2D eigenvalue weighted by atomic mass is 32.2. The van der Waals surface area contributed by atoms with Crippen molar-refractivity contribution < 1.29 is 22.8 Å². The Morgan fingerprint density at radius 3 is 2.56 bits per heavy atom. The number of nitro groups is 1. The van der Waals surface area contributed by atoms with E-state index >= 15 is 0 Å². The Balaban J connectivity index is 1.99. The van der Waals surface area contributed by atoms with E-state index in [4.69, 9.17) is 9.47 Å². The van der Waals surface area contributed by atoms with Gasteiger partial charge in [0, 0.05) is 13.1 Å². The molecule has 2 aromatic carbocycles. The smallest absolute Gasteiger partial charge is 0.273 e. The fourth-order valence-electron chi connectivity index (χ4n) is 2.21. The topological polar surface area (TPSA) is 102 Å². The van der Waals surface area contributed by atoms with Crippen molar-refractivity contribution in [2.75, 3.05) is 24.6 Å². The zero-order chi connectivity index (χ0) is 18.0. The standard InChI is InChI=1S/C16H16N2O6S/c1-17(12-5-3-2-4-6-12)25(21,22)16-8-7-13(18(19)20)9-15(16)24-11-14-10-23-14/h2-9,14H,10-11H2,1H3. The lowest BCUT2D eigenvalue weighted by atomic mass is 10.3. The minimum atomic E-state index is -3.95. The van der Waals surface area contributed by atoms with Gasteiger partial charge in [-0.1, -0.05) is 18.2 Å². The Kier molecular flexibility index (Phi) is 4.60. The van der Waals surface area contributed by atoms with Gasteiger partial charge in [-0.3, -0.25) is 14.4 Å². The molecule has 1 saturated heterocycles. The van der Waals surface area contributed by atoms with E-state index < -0.39 is 14.9 Å². The first-order chi connectivity index (χ1) is 11.9. The van der Waals surface area contributed by atoms with E-state index in [9.17, 15) is 18.5 Å². The van der Waals surface area contributed by atoms with Gasteiger partial charge >= 0.3 is 0 Å². The Bertz CT molecular complexity index is 881. The summed E-state index contributed by atoms with van der Waals surface area (Å²) in [5.41, 5.74) is 0.227. The van der Waals surface area contributed by atoms with E-state index in [-0.39, 0.29) is 29.0 Å². The van der Waals surface area contributed by atoms with Gasteiger partial charge in [-0.05, 0) is 18.2 Å². The summed E-state index contributed by atoms with van der Waals surface area (Å²) in [5, 5.41) is 11.0. The molecular formula is C16H16N2O6S. The number of epoxide rings is 1. The van der Waals surface area contributed by atoms with Crippen LogP contribution in [-0.2, 0) is 14.8 Å². The number of hydrogen-bond acceptors (Lipinski definition) is 6. The molecule has 1 fully saturated rings. The van der Waals surface area contributed by atoms with E-state index in [1.54, 1.807) is 30.3 Å². The van der Waals surface area contributed by atoms with E-state index in [2.05, 4.69) is 0 Å². The van der Waals surface area contributed by atoms with Crippen molar-refractivity contribution in [1.29, 1.82) is 0 Å². The van der Waals surface area contributed by atoms with Crippen LogP contribution in [0.2, 0.25) is 0 Å². The fourth-order valence-corrected chi connectivity index (χ4v) is 3.51. The molecule has 2 aromatic rings. The number of benzene rings is 2. The van der Waals surface area contributed by atoms with Gasteiger partial charge in [0.1, 0.15) is 23.4 Å². The van der Waals surface area contributed by atoms with Crippen LogP contribution in [-0.4, -0.2) is 39.7 Å². The molecule has 9 heteroatoms. The number of hydrogen-bond donors (Lipinski definition) is 0. The summed E-state index contributed by atoms with van der Waals surface area (Å²) in [6, 6.07) is 12.0. The average molecular weight is 364 g/mol. The zero-order valence-electron chi connectivity index (χ0n) is 13.4. The van der Waals surface area contributed by atoms with Gasteiger partial charge in [-0.25, -0.2) is 8.42 Å². The minimum absolute atomic E-state index is 0.0625. The monoisotopic (exact) mass is 364 g/mol. The number of ether oxygens (including phenoxy) is 2. The van der Waals surface area contributed by atoms with Crippen LogP contribution in [0.1, 0.15) is 0 Å². The quantitative estimate of drug-likeness (QED) is 0.424. The maximum atomic E-state index is 12.9. The summed E-state index contributed by atoms with van der Waals surface area (Å²) < 4.78 is 37.5. The summed E-state index contributed by atoms with van der Waals surface area (Å²) in [6.07, 6.45) is -0.110. The molecule has 0 radical (unpaired) electrons. The van der Waals surface area contributed by atoms with Crippen molar-refractivity contribution in [2.45, 2.75) is 11.0 Å². The second kappa shape index (κ2) is 6.69. The van der Waals surface area contributed by atoms with Gasteiger partial charge in [-0.15, -0.1) is 0 Å². The molecule has 1 aliphatic heterocycles. The van der Waals surface area contributed by atoms with Crippen LogP contribution in [0.4, 0.5) is 11.4 Å². The summed E-state index contributed by atoms with van der Waals surface area (Å²) >= 11 is 0. The van der Waals surface area contributed by atoms with Crippen molar-refractivity contribution in [3.63, 3.8) is 0 Å². The van der Waals surface area contributed by atoms with Crippen LogP contribution in [0.15, 0.2) is 53.4 Å². The van der Waals surface area contributed by atoms with Crippen molar-refractivity contribution in [1.82, 2.24) is 0 Å². The molecule has 0 spiro atoms. The van der Waals surface area contributed by atoms with Crippen molar-refractivity contribution in [3.8, 4) is 5.75 Å². The highest BCUT2D eigenvalue weighted by Crippen LogP contribution is 2.32. The van der Waals surface area contributed by atoms with Crippen LogP contribution in [0.5, 0.6) is 5.75 Å². The van der Waals surface area contributed by atoms with Crippen LogP contribution in [0, 0.1) is 10.1 Å². The third-order valence-corrected chi connectivity index (χ3v) is 5.55. The van der Waals surface area contributed by atoms with Gasteiger partial charge in [0.2, 0.25) is 0 Å². The molecule has 0 bridgehead atoms. The first-order valence-electron chi connectivity index (χ1n) is 7.46.